The van der Waals surface area contributed by atoms with E-state index in [1.54, 1.807) is 16.7 Å². The molecule has 0 radical (unpaired) electrons. The summed E-state index contributed by atoms with van der Waals surface area (Å²) < 4.78 is 2.37. The molecule has 0 spiro atoms. The molecule has 0 amide bonds. The van der Waals surface area contributed by atoms with Crippen LogP contribution in [0.15, 0.2) is 45.3 Å². The lowest BCUT2D eigenvalue weighted by Gasteiger charge is -2.28. The zero-order valence-corrected chi connectivity index (χ0v) is 15.4. The molecule has 4 nitrogen and oxygen atoms in total. The van der Waals surface area contributed by atoms with E-state index in [1.807, 2.05) is 25.1 Å². The summed E-state index contributed by atoms with van der Waals surface area (Å²) in [5.74, 6) is 0.0923. The molecule has 6 heteroatoms. The first-order valence-corrected chi connectivity index (χ1v) is 9.61. The van der Waals surface area contributed by atoms with Crippen molar-refractivity contribution in [1.82, 2.24) is 4.57 Å². The lowest BCUT2D eigenvalue weighted by Crippen LogP contribution is -2.40. The normalized spacial score (nSPS) is 20.3. The molecule has 1 aliphatic carbocycles. The molecule has 2 heterocycles. The zero-order valence-electron chi connectivity index (χ0n) is 13.8. The average molecular weight is 373 g/mol. The van der Waals surface area contributed by atoms with Crippen molar-refractivity contribution in [2.75, 3.05) is 0 Å². The number of fused-ring (bicyclic) bond motifs is 1. The SMILES string of the molecule is CCC=c1sc2n(c1=O)C(c1ccc(Cl)cc1)C1=C(CCCC1=O)N=2. The third-order valence-electron chi connectivity index (χ3n) is 4.60. The summed E-state index contributed by atoms with van der Waals surface area (Å²) in [5, 5.41) is 0.631. The van der Waals surface area contributed by atoms with Crippen molar-refractivity contribution in [1.29, 1.82) is 0 Å². The molecule has 1 unspecified atom stereocenters. The Bertz CT molecular complexity index is 1060. The number of hydrogen-bond acceptors (Lipinski definition) is 4. The molecule has 1 atom stereocenters. The summed E-state index contributed by atoms with van der Waals surface area (Å²) in [7, 11) is 0. The van der Waals surface area contributed by atoms with Gasteiger partial charge in [-0.3, -0.25) is 14.2 Å². The lowest BCUT2D eigenvalue weighted by atomic mass is 9.86. The maximum atomic E-state index is 13.0. The van der Waals surface area contributed by atoms with Gasteiger partial charge < -0.3 is 0 Å². The molecule has 4 rings (SSSR count). The highest BCUT2D eigenvalue weighted by molar-refractivity contribution is 7.07. The molecule has 1 aromatic carbocycles. The number of allylic oxidation sites excluding steroid dienone is 2. The van der Waals surface area contributed by atoms with Crippen molar-refractivity contribution in [2.45, 2.75) is 38.6 Å². The largest absolute Gasteiger partial charge is 0.294 e. The van der Waals surface area contributed by atoms with Gasteiger partial charge in [-0.2, -0.15) is 0 Å². The number of thiazole rings is 1. The third-order valence-corrected chi connectivity index (χ3v) is 5.89. The summed E-state index contributed by atoms with van der Waals surface area (Å²) in [4.78, 5) is 31.0. The first-order chi connectivity index (χ1) is 12.1. The lowest BCUT2D eigenvalue weighted by molar-refractivity contribution is -0.116. The predicted octanol–water partition coefficient (Wildman–Crippen LogP) is 2.98. The van der Waals surface area contributed by atoms with E-state index in [0.29, 0.717) is 26.4 Å². The number of nitrogens with zero attached hydrogens (tertiary/aromatic N) is 2. The highest BCUT2D eigenvalue weighted by atomic mass is 35.5. The molecule has 2 aromatic rings. The molecule has 0 N–H and O–H groups in total. The highest BCUT2D eigenvalue weighted by Crippen LogP contribution is 2.36. The van der Waals surface area contributed by atoms with Crippen LogP contribution in [0.1, 0.15) is 44.2 Å². The van der Waals surface area contributed by atoms with Crippen LogP contribution in [0, 0.1) is 0 Å². The minimum absolute atomic E-state index is 0.0736. The standard InChI is InChI=1S/C19H17ClN2O2S/c1-2-4-15-18(24)22-17(11-7-9-12(20)10-8-11)16-13(21-19(22)25-15)5-3-6-14(16)23/h4,7-10,17H,2-3,5-6H2,1H3. The van der Waals surface area contributed by atoms with Gasteiger partial charge in [-0.25, -0.2) is 4.99 Å². The Morgan fingerprint density at radius 3 is 2.76 bits per heavy atom. The van der Waals surface area contributed by atoms with E-state index in [2.05, 4.69) is 4.99 Å². The number of carbonyl (C=O) groups excluding carboxylic acids is 1. The molecular weight excluding hydrogens is 356 g/mol. The molecule has 1 aromatic heterocycles. The monoisotopic (exact) mass is 372 g/mol. The van der Waals surface area contributed by atoms with E-state index in [0.717, 1.165) is 30.5 Å². The number of hydrogen-bond donors (Lipinski definition) is 0. The van der Waals surface area contributed by atoms with Crippen molar-refractivity contribution >= 4 is 34.8 Å². The maximum Gasteiger partial charge on any atom is 0.270 e. The Labute approximate surface area is 153 Å². The molecule has 0 bridgehead atoms. The maximum absolute atomic E-state index is 13.0. The van der Waals surface area contributed by atoms with E-state index in [-0.39, 0.29) is 11.3 Å². The van der Waals surface area contributed by atoms with Crippen molar-refractivity contribution in [3.05, 3.63) is 65.8 Å². The Morgan fingerprint density at radius 2 is 2.04 bits per heavy atom. The van der Waals surface area contributed by atoms with Crippen LogP contribution in [-0.2, 0) is 4.79 Å². The Morgan fingerprint density at radius 1 is 1.28 bits per heavy atom. The van der Waals surface area contributed by atoms with Crippen LogP contribution in [0.5, 0.6) is 0 Å². The van der Waals surface area contributed by atoms with Crippen molar-refractivity contribution in [3.63, 3.8) is 0 Å². The van der Waals surface area contributed by atoms with Crippen LogP contribution in [0.4, 0.5) is 0 Å². The van der Waals surface area contributed by atoms with Crippen LogP contribution in [0.2, 0.25) is 5.02 Å². The van der Waals surface area contributed by atoms with Crippen molar-refractivity contribution in [2.24, 2.45) is 4.99 Å². The van der Waals surface area contributed by atoms with E-state index in [4.69, 9.17) is 11.6 Å². The van der Waals surface area contributed by atoms with Gasteiger partial charge in [0, 0.05) is 17.0 Å². The second kappa shape index (κ2) is 6.39. The summed E-state index contributed by atoms with van der Waals surface area (Å²) in [6, 6.07) is 6.97. The Balaban J connectivity index is 2.03. The van der Waals surface area contributed by atoms with Crippen LogP contribution in [0.25, 0.3) is 6.08 Å². The first kappa shape index (κ1) is 16.5. The number of aromatic nitrogens is 1. The molecule has 1 aliphatic heterocycles. The summed E-state index contributed by atoms with van der Waals surface area (Å²) >= 11 is 7.43. The van der Waals surface area contributed by atoms with Gasteiger partial charge in [0.1, 0.15) is 0 Å². The van der Waals surface area contributed by atoms with Crippen LogP contribution >= 0.6 is 22.9 Å². The van der Waals surface area contributed by atoms with Crippen molar-refractivity contribution < 1.29 is 4.79 Å². The van der Waals surface area contributed by atoms with Crippen LogP contribution in [-0.4, -0.2) is 10.4 Å². The molecule has 128 valence electrons. The van der Waals surface area contributed by atoms with E-state index < -0.39 is 6.04 Å². The Hall–Kier alpha value is -1.98. The summed E-state index contributed by atoms with van der Waals surface area (Å²) in [6.07, 6.45) is 4.82. The second-order valence-corrected chi connectivity index (χ2v) is 7.68. The number of benzene rings is 1. The smallest absolute Gasteiger partial charge is 0.270 e. The third kappa shape index (κ3) is 2.71. The summed E-state index contributed by atoms with van der Waals surface area (Å²) in [6.45, 7) is 2.00. The topological polar surface area (TPSA) is 51.4 Å². The van der Waals surface area contributed by atoms with Crippen molar-refractivity contribution in [3.8, 4) is 0 Å². The van der Waals surface area contributed by atoms with Gasteiger partial charge >= 0.3 is 0 Å². The quantitative estimate of drug-likeness (QED) is 0.813. The fourth-order valence-corrected chi connectivity index (χ4v) is 4.69. The van der Waals surface area contributed by atoms with Gasteiger partial charge in [0.25, 0.3) is 5.56 Å². The molecule has 0 saturated heterocycles. The first-order valence-electron chi connectivity index (χ1n) is 8.42. The van der Waals surface area contributed by atoms with Gasteiger partial charge in [0.2, 0.25) is 0 Å². The van der Waals surface area contributed by atoms with Gasteiger partial charge in [-0.1, -0.05) is 48.1 Å². The van der Waals surface area contributed by atoms with Gasteiger partial charge in [0.15, 0.2) is 10.6 Å². The minimum Gasteiger partial charge on any atom is -0.294 e. The molecule has 0 fully saturated rings. The van der Waals surface area contributed by atoms with Gasteiger partial charge in [-0.15, -0.1) is 0 Å². The van der Waals surface area contributed by atoms with Gasteiger partial charge in [-0.05, 0) is 37.0 Å². The fourth-order valence-electron chi connectivity index (χ4n) is 3.49. The number of Topliss-reactive ketones (excluding diaryl/α,β-unsaturated/α-hetero) is 1. The van der Waals surface area contributed by atoms with Gasteiger partial charge in [0.05, 0.1) is 16.3 Å². The van der Waals surface area contributed by atoms with E-state index >= 15 is 0 Å². The number of rotatable bonds is 2. The van der Waals surface area contributed by atoms with E-state index in [1.165, 1.54) is 11.3 Å². The summed E-state index contributed by atoms with van der Waals surface area (Å²) in [5.41, 5.74) is 2.33. The average Bonchev–Trinajstić information content (AvgIpc) is 2.90. The van der Waals surface area contributed by atoms with Crippen LogP contribution in [0.3, 0.4) is 0 Å². The number of ketones is 1. The predicted molar refractivity (Wildman–Crippen MR) is 99.6 cm³/mol. The highest BCUT2D eigenvalue weighted by Gasteiger charge is 2.34. The second-order valence-electron chi connectivity index (χ2n) is 6.24. The minimum atomic E-state index is -0.407. The fraction of sp³-hybridized carbons (Fsp3) is 0.316. The molecule has 0 saturated carbocycles. The number of carbonyl (C=O) groups is 1. The number of halogens is 1. The molecule has 2 aliphatic rings. The molecular formula is C19H17ClN2O2S. The molecule has 25 heavy (non-hydrogen) atoms. The zero-order chi connectivity index (χ0) is 17.6. The van der Waals surface area contributed by atoms with Crippen LogP contribution < -0.4 is 14.9 Å². The van der Waals surface area contributed by atoms with E-state index in [9.17, 15) is 9.59 Å². The Kier molecular flexibility index (Phi) is 4.21.